The fraction of sp³-hybridized carbons (Fsp3) is 0.833. The Morgan fingerprint density at radius 1 is 1.40 bits per heavy atom. The predicted octanol–water partition coefficient (Wildman–Crippen LogP) is 1.86. The third-order valence-corrected chi connectivity index (χ3v) is 3.02. The zero-order valence-corrected chi connectivity index (χ0v) is 9.74. The summed E-state index contributed by atoms with van der Waals surface area (Å²) in [7, 11) is 0. The van der Waals surface area contributed by atoms with Crippen LogP contribution >= 0.6 is 0 Å². The Bertz CT molecular complexity index is 218. The van der Waals surface area contributed by atoms with Crippen LogP contribution in [0.4, 0.5) is 0 Å². The number of hydrogen-bond donors (Lipinski definition) is 0. The number of likely N-dealkylation sites (tertiary alicyclic amines) is 1. The van der Waals surface area contributed by atoms with Crippen LogP contribution in [0, 0.1) is 11.8 Å². The van der Waals surface area contributed by atoms with Gasteiger partial charge in [0.1, 0.15) is 6.29 Å². The van der Waals surface area contributed by atoms with E-state index >= 15 is 0 Å². The molecule has 0 aliphatic carbocycles. The number of amides is 1. The van der Waals surface area contributed by atoms with Gasteiger partial charge < -0.3 is 9.69 Å². The lowest BCUT2D eigenvalue weighted by Gasteiger charge is -2.29. The SMILES string of the molecule is CC(C)CCC(=O)N1CCC(C=O)CC1. The van der Waals surface area contributed by atoms with Crippen molar-refractivity contribution in [2.75, 3.05) is 13.1 Å². The standard InChI is InChI=1S/C12H21NO2/c1-10(2)3-4-12(15)13-7-5-11(9-14)6-8-13/h9-11H,3-8H2,1-2H3. The molecule has 0 atom stereocenters. The van der Waals surface area contributed by atoms with E-state index in [0.29, 0.717) is 12.3 Å². The highest BCUT2D eigenvalue weighted by atomic mass is 16.2. The van der Waals surface area contributed by atoms with Gasteiger partial charge in [-0.05, 0) is 25.2 Å². The summed E-state index contributed by atoms with van der Waals surface area (Å²) in [5.41, 5.74) is 0. The lowest BCUT2D eigenvalue weighted by Crippen LogP contribution is -2.38. The zero-order valence-electron chi connectivity index (χ0n) is 9.74. The van der Waals surface area contributed by atoms with Gasteiger partial charge in [0.15, 0.2) is 0 Å². The Hall–Kier alpha value is -0.860. The molecule has 0 spiro atoms. The van der Waals surface area contributed by atoms with Crippen molar-refractivity contribution in [2.24, 2.45) is 11.8 Å². The van der Waals surface area contributed by atoms with Crippen LogP contribution in [-0.4, -0.2) is 30.2 Å². The molecule has 1 fully saturated rings. The highest BCUT2D eigenvalue weighted by Crippen LogP contribution is 2.16. The van der Waals surface area contributed by atoms with E-state index < -0.39 is 0 Å². The van der Waals surface area contributed by atoms with Crippen molar-refractivity contribution in [2.45, 2.75) is 39.5 Å². The molecule has 1 heterocycles. The molecule has 0 saturated carbocycles. The summed E-state index contributed by atoms with van der Waals surface area (Å²) in [6, 6.07) is 0. The second-order valence-electron chi connectivity index (χ2n) is 4.79. The third kappa shape index (κ3) is 4.02. The van der Waals surface area contributed by atoms with Crippen LogP contribution in [0.5, 0.6) is 0 Å². The van der Waals surface area contributed by atoms with E-state index in [1.165, 1.54) is 0 Å². The molecule has 0 N–H and O–H groups in total. The summed E-state index contributed by atoms with van der Waals surface area (Å²) in [6.07, 6.45) is 4.33. The van der Waals surface area contributed by atoms with Gasteiger partial charge in [0.05, 0.1) is 0 Å². The van der Waals surface area contributed by atoms with E-state index in [9.17, 15) is 9.59 Å². The maximum absolute atomic E-state index is 11.7. The summed E-state index contributed by atoms with van der Waals surface area (Å²) >= 11 is 0. The fourth-order valence-corrected chi connectivity index (χ4v) is 1.86. The number of carbonyl (C=O) groups is 2. The van der Waals surface area contributed by atoms with Gasteiger partial charge in [-0.2, -0.15) is 0 Å². The van der Waals surface area contributed by atoms with Gasteiger partial charge in [0.2, 0.25) is 5.91 Å². The molecule has 1 rings (SSSR count). The second kappa shape index (κ2) is 5.89. The molecular weight excluding hydrogens is 190 g/mol. The van der Waals surface area contributed by atoms with Gasteiger partial charge in [-0.15, -0.1) is 0 Å². The Balaban J connectivity index is 2.27. The van der Waals surface area contributed by atoms with E-state index in [2.05, 4.69) is 13.8 Å². The molecule has 0 bridgehead atoms. The maximum atomic E-state index is 11.7. The van der Waals surface area contributed by atoms with Crippen molar-refractivity contribution >= 4 is 12.2 Å². The highest BCUT2D eigenvalue weighted by molar-refractivity contribution is 5.76. The lowest BCUT2D eigenvalue weighted by molar-refractivity contribution is -0.133. The number of nitrogens with zero attached hydrogens (tertiary/aromatic N) is 1. The first-order chi connectivity index (χ1) is 7.13. The number of rotatable bonds is 4. The lowest BCUT2D eigenvalue weighted by atomic mass is 9.98. The van der Waals surface area contributed by atoms with Gasteiger partial charge in [0.25, 0.3) is 0 Å². The minimum absolute atomic E-state index is 0.180. The molecule has 0 aromatic carbocycles. The van der Waals surface area contributed by atoms with Crippen molar-refractivity contribution in [1.29, 1.82) is 0 Å². The first-order valence-electron chi connectivity index (χ1n) is 5.86. The van der Waals surface area contributed by atoms with Crippen LogP contribution in [-0.2, 0) is 9.59 Å². The Kier molecular flexibility index (Phi) is 4.79. The molecule has 3 nitrogen and oxygen atoms in total. The molecular formula is C12H21NO2. The smallest absolute Gasteiger partial charge is 0.222 e. The Morgan fingerprint density at radius 3 is 2.47 bits per heavy atom. The molecule has 0 aromatic rings. The summed E-state index contributed by atoms with van der Waals surface area (Å²) in [5.74, 6) is 1.02. The molecule has 86 valence electrons. The molecule has 1 aliphatic heterocycles. The summed E-state index contributed by atoms with van der Waals surface area (Å²) < 4.78 is 0. The van der Waals surface area contributed by atoms with E-state index in [4.69, 9.17) is 0 Å². The van der Waals surface area contributed by atoms with Gasteiger partial charge in [-0.3, -0.25) is 4.79 Å². The first-order valence-corrected chi connectivity index (χ1v) is 5.86. The third-order valence-electron chi connectivity index (χ3n) is 3.02. The van der Waals surface area contributed by atoms with Crippen LogP contribution in [0.25, 0.3) is 0 Å². The van der Waals surface area contributed by atoms with Crippen molar-refractivity contribution in [3.8, 4) is 0 Å². The molecule has 3 heteroatoms. The van der Waals surface area contributed by atoms with Crippen LogP contribution in [0.15, 0.2) is 0 Å². The van der Waals surface area contributed by atoms with Crippen LogP contribution in [0.1, 0.15) is 39.5 Å². The zero-order chi connectivity index (χ0) is 11.3. The molecule has 0 aromatic heterocycles. The second-order valence-corrected chi connectivity index (χ2v) is 4.79. The number of piperidine rings is 1. The summed E-state index contributed by atoms with van der Waals surface area (Å²) in [4.78, 5) is 24.2. The first kappa shape index (κ1) is 12.2. The van der Waals surface area contributed by atoms with Crippen molar-refractivity contribution in [3.05, 3.63) is 0 Å². The fourth-order valence-electron chi connectivity index (χ4n) is 1.86. The normalized spacial score (nSPS) is 18.2. The van der Waals surface area contributed by atoms with Crippen molar-refractivity contribution in [1.82, 2.24) is 4.90 Å². The quantitative estimate of drug-likeness (QED) is 0.666. The average molecular weight is 211 g/mol. The molecule has 0 radical (unpaired) electrons. The number of carbonyl (C=O) groups excluding carboxylic acids is 2. The Morgan fingerprint density at radius 2 is 2.00 bits per heavy atom. The molecule has 1 saturated heterocycles. The van der Waals surface area contributed by atoms with Gasteiger partial charge in [0, 0.05) is 25.4 Å². The van der Waals surface area contributed by atoms with Gasteiger partial charge >= 0.3 is 0 Å². The number of aldehydes is 1. The highest BCUT2D eigenvalue weighted by Gasteiger charge is 2.21. The molecule has 1 amide bonds. The summed E-state index contributed by atoms with van der Waals surface area (Å²) in [6.45, 7) is 5.79. The van der Waals surface area contributed by atoms with Crippen LogP contribution in [0.2, 0.25) is 0 Å². The monoisotopic (exact) mass is 211 g/mol. The minimum Gasteiger partial charge on any atom is -0.343 e. The van der Waals surface area contributed by atoms with Crippen molar-refractivity contribution < 1.29 is 9.59 Å². The van der Waals surface area contributed by atoms with Gasteiger partial charge in [-0.25, -0.2) is 0 Å². The van der Waals surface area contributed by atoms with E-state index in [0.717, 1.165) is 38.6 Å². The Labute approximate surface area is 91.8 Å². The summed E-state index contributed by atoms with van der Waals surface area (Å²) in [5, 5.41) is 0. The topological polar surface area (TPSA) is 37.4 Å². The largest absolute Gasteiger partial charge is 0.343 e. The molecule has 15 heavy (non-hydrogen) atoms. The average Bonchev–Trinajstić information content (AvgIpc) is 2.26. The molecule has 0 unspecified atom stereocenters. The van der Waals surface area contributed by atoms with E-state index in [1.54, 1.807) is 0 Å². The van der Waals surface area contributed by atoms with Gasteiger partial charge in [-0.1, -0.05) is 13.8 Å². The minimum atomic E-state index is 0.180. The maximum Gasteiger partial charge on any atom is 0.222 e. The van der Waals surface area contributed by atoms with Crippen LogP contribution < -0.4 is 0 Å². The predicted molar refractivity (Wildman–Crippen MR) is 59.4 cm³/mol. The van der Waals surface area contributed by atoms with E-state index in [1.807, 2.05) is 4.90 Å². The molecule has 1 aliphatic rings. The van der Waals surface area contributed by atoms with E-state index in [-0.39, 0.29) is 11.8 Å². The van der Waals surface area contributed by atoms with Crippen molar-refractivity contribution in [3.63, 3.8) is 0 Å². The van der Waals surface area contributed by atoms with Crippen LogP contribution in [0.3, 0.4) is 0 Å². The number of hydrogen-bond acceptors (Lipinski definition) is 2.